The maximum absolute atomic E-state index is 0. The van der Waals surface area contributed by atoms with Gasteiger partial charge in [-0.05, 0) is 0 Å². The van der Waals surface area contributed by atoms with Crippen molar-refractivity contribution in [3.8, 4) is 0 Å². The van der Waals surface area contributed by atoms with Crippen molar-refractivity contribution in [2.24, 2.45) is 0 Å². The molecule has 0 fully saturated rings. The Morgan fingerprint density at radius 3 is 0.0220 bits per heavy atom. The second-order valence-corrected chi connectivity index (χ2v) is 0. The first-order chi connectivity index (χ1) is 0. The summed E-state index contributed by atoms with van der Waals surface area (Å²) < 4.78 is 0. The van der Waals surface area contributed by atoms with Crippen LogP contribution >= 0.6 is 0 Å². The molecule has 0 aromatic heterocycles. The Labute approximate surface area is 1530 Å². The van der Waals surface area contributed by atoms with E-state index in [9.17, 15) is 0 Å². The third-order valence-electron chi connectivity index (χ3n) is 0. The molecule has 0 bridgehead atoms. The molecule has 1 nitrogen and oxygen atoms in total. The molecule has 0 aliphatic rings. The summed E-state index contributed by atoms with van der Waals surface area (Å²) in [4.78, 5) is 0. The molecule has 0 unspecified atom stereocenters. The van der Waals surface area contributed by atoms with E-state index in [2.05, 4.69) is 0 Å². The maximum atomic E-state index is 0. The summed E-state index contributed by atoms with van der Waals surface area (Å²) in [5.41, 5.74) is 0. The van der Waals surface area contributed by atoms with Gasteiger partial charge in [-0.15, -0.1) is 0 Å². The smallest absolute Gasteiger partial charge is 2.00 e. The number of hydrogen-bond acceptors (Lipinski definition) is 0. The molecule has 0 radical (unpaired) electrons. The predicted molar refractivity (Wildman–Crippen MR) is 519 cm³/mol. The van der Waals surface area contributed by atoms with Crippen LogP contribution in [0.4, 0.5) is 0 Å². The molecule has 91 heavy (non-hydrogen) atoms. The Morgan fingerprint density at radius 2 is 0.0220 bits per heavy atom. The van der Waals surface area contributed by atoms with Gasteiger partial charge in [-0.25, -0.2) is 0 Å². The normalized spacial score (nSPS) is 0. The fraction of sp³-hybridized carbons (Fsp3) is 0. The van der Waals surface area contributed by atoms with Crippen LogP contribution in [0.2, 0.25) is 0 Å². The summed E-state index contributed by atoms with van der Waals surface area (Å²) in [6, 6.07) is 0. The molecule has 0 saturated carbocycles. The second kappa shape index (κ2) is 1130. The van der Waals surface area contributed by atoms with Gasteiger partial charge in [-0.1, -0.05) is 0 Å². The van der Waals surface area contributed by atoms with E-state index in [4.69, 9.17) is 0 Å². The van der Waals surface area contributed by atoms with Crippen molar-refractivity contribution in [3.05, 3.63) is 0 Å². The van der Waals surface area contributed by atoms with Crippen molar-refractivity contribution in [1.29, 1.82) is 0 Å². The summed E-state index contributed by atoms with van der Waals surface area (Å²) in [6.07, 6.45) is 0. The molecule has 0 aliphatic heterocycles. The molecule has 0 rings (SSSR count). The van der Waals surface area contributed by atoms with Crippen LogP contribution in [0.5, 0.6) is 0 Å². The molecule has 91 heteroatoms. The third kappa shape index (κ3) is 1110. The van der Waals surface area contributed by atoms with Gasteiger partial charge in [-0.2, -0.15) is 0 Å². The van der Waals surface area contributed by atoms with Crippen molar-refractivity contribution in [3.63, 3.8) is 0 Å². The number of hydrogen-bond donors (Lipinski definition) is 0. The molecule has 8 valence electrons. The zero-order valence-electron chi connectivity index (χ0n) is 52.4. The molecule has 0 amide bonds. The summed E-state index contributed by atoms with van der Waals surface area (Å²) in [7, 11) is 0. The molecule has 0 N–H and O–H groups in total. The standard InChI is InChI=1S/90Al.O/q90*+3;-2. The first-order valence-electron chi connectivity index (χ1n) is 0. The van der Waals surface area contributed by atoms with Gasteiger partial charge in [0.05, 0.1) is 0 Å². The fourth-order valence-electron chi connectivity index (χ4n) is 0. The average Bonchev–Trinajstić information content (AvgIpc) is 0. The Bertz CT molecular complexity index is 7.94. The van der Waals surface area contributed by atoms with E-state index >= 15 is 0 Å². The second-order valence-electron chi connectivity index (χ2n) is 0. The van der Waals surface area contributed by atoms with Crippen molar-refractivity contribution in [2.45, 2.75) is 0 Å². The minimum absolute atomic E-state index is 0. The van der Waals surface area contributed by atoms with E-state index in [-0.39, 0.29) is 1570 Å². The van der Waals surface area contributed by atoms with E-state index in [1.54, 1.807) is 0 Å². The van der Waals surface area contributed by atoms with Gasteiger partial charge in [-0.3, -0.25) is 0 Å². The summed E-state index contributed by atoms with van der Waals surface area (Å²) in [5.74, 6) is 0. The summed E-state index contributed by atoms with van der Waals surface area (Å²) in [5, 5.41) is 0. The molecular weight excluding hydrogens is 2440 g/mol. The van der Waals surface area contributed by atoms with Crippen LogP contribution in [-0.2, 0) is 5.48 Å². The SMILES string of the molecule is [Al+3].[Al+3].[Al+3].[Al+3].[Al+3].[Al+3].[Al+3].[Al+3].[Al+3].[Al+3].[Al+3].[Al+3].[Al+3].[Al+3].[Al+3].[Al+3].[Al+3].[Al+3].[Al+3].[Al+3].[Al+3].[Al+3].[Al+3].[Al+3].[Al+3].[Al+3].[Al+3].[Al+3].[Al+3].[Al+3].[Al+3].[Al+3].[Al+3].[Al+3].[Al+3].[Al+3].[Al+3].[Al+3].[Al+3].[Al+3].[Al+3].[Al+3].[Al+3].[Al+3].[Al+3].[Al+3].[Al+3].[Al+3].[Al+3].[Al+3].[Al+3].[Al+3].[Al+3].[Al+3].[Al+3].[Al+3].[Al+3].[Al+3].[Al+3].[Al+3].[Al+3].[Al+3].[Al+3].[Al+3].[Al+3].[Al+3].[Al+3].[Al+3].[Al+3].[Al+3].[Al+3].[Al+3].[Al+3].[Al+3].[Al+3].[Al+3].[Al+3].[Al+3].[Al+3].[Al+3].[Al+3].[Al+3].[Al+3].[Al+3].[Al+3].[Al+3].[Al+3].[Al+3].[Al+3].[Al+3].[O-2]. The summed E-state index contributed by atoms with van der Waals surface area (Å²) >= 11 is 0. The Hall–Kier alpha value is 47.9. The van der Waals surface area contributed by atoms with Gasteiger partial charge in [0.1, 0.15) is 0 Å². The zero-order valence-corrected chi connectivity index (χ0v) is 156. The van der Waals surface area contributed by atoms with Crippen LogP contribution in [0.15, 0.2) is 0 Å². The summed E-state index contributed by atoms with van der Waals surface area (Å²) in [6.45, 7) is 0. The van der Waals surface area contributed by atoms with E-state index < -0.39 is 0 Å². The number of rotatable bonds is 0. The quantitative estimate of drug-likeness (QED) is 0.216. The minimum Gasteiger partial charge on any atom is -2.00 e. The molecule has 0 saturated heterocycles. The topological polar surface area (TPSA) is 28.5 Å². The maximum Gasteiger partial charge on any atom is 3.00 e. The average molecular weight is 2440 g/mol. The Balaban J connectivity index is 0. The Kier molecular flexibility index (Phi) is 14300. The van der Waals surface area contributed by atoms with E-state index in [1.807, 2.05) is 0 Å². The van der Waals surface area contributed by atoms with Crippen LogP contribution in [-0.4, -0.2) is 1560 Å². The Morgan fingerprint density at radius 1 is 0.0220 bits per heavy atom. The molecule has 0 spiro atoms. The van der Waals surface area contributed by atoms with Gasteiger partial charge in [0.15, 0.2) is 0 Å². The van der Waals surface area contributed by atoms with E-state index in [1.165, 1.54) is 0 Å². The molecule has 0 atom stereocenters. The van der Waals surface area contributed by atoms with Crippen molar-refractivity contribution in [1.82, 2.24) is 0 Å². The largest absolute Gasteiger partial charge is 3.00 e. The predicted octanol–water partition coefficient (Wildman–Crippen LogP) is -34.4. The van der Waals surface area contributed by atoms with Crippen LogP contribution in [0, 0.1) is 0 Å². The first-order valence-corrected chi connectivity index (χ1v) is 0. The van der Waals surface area contributed by atoms with E-state index in [0.29, 0.717) is 0 Å². The zero-order chi connectivity index (χ0) is 0. The van der Waals surface area contributed by atoms with Crippen molar-refractivity contribution in [2.75, 3.05) is 0 Å². The molecule has 0 aliphatic carbocycles. The van der Waals surface area contributed by atoms with Crippen LogP contribution in [0.25, 0.3) is 0 Å². The van der Waals surface area contributed by atoms with Gasteiger partial charge in [0.2, 0.25) is 0 Å². The molecule has 0 heterocycles. The minimum atomic E-state index is 0. The van der Waals surface area contributed by atoms with E-state index in [0.717, 1.165) is 0 Å². The van der Waals surface area contributed by atoms with Gasteiger partial charge < -0.3 is 5.48 Å². The van der Waals surface area contributed by atoms with Gasteiger partial charge in [0, 0.05) is 0 Å². The molecular formula is Al90O+268. The molecule has 0 aromatic rings. The van der Waals surface area contributed by atoms with Crippen LogP contribution in [0.1, 0.15) is 0 Å². The molecule has 0 aromatic carbocycles. The van der Waals surface area contributed by atoms with Gasteiger partial charge in [0.25, 0.3) is 0 Å². The van der Waals surface area contributed by atoms with Crippen LogP contribution < -0.4 is 0 Å². The van der Waals surface area contributed by atoms with Gasteiger partial charge >= 0.3 is 1560 Å². The monoisotopic (exact) mass is 2440 g/mol. The first kappa shape index (κ1) is 1150. The fourth-order valence-corrected chi connectivity index (χ4v) is 0. The van der Waals surface area contributed by atoms with Crippen LogP contribution in [0.3, 0.4) is 0 Å². The van der Waals surface area contributed by atoms with Crippen molar-refractivity contribution < 1.29 is 5.48 Å². The van der Waals surface area contributed by atoms with Crippen molar-refractivity contribution >= 4 is 1560 Å². The third-order valence-corrected chi connectivity index (χ3v) is 0.